The monoisotopic (exact) mass is 260 g/mol. The molecule has 1 unspecified atom stereocenters. The molecule has 1 aliphatic rings. The van der Waals surface area contributed by atoms with E-state index in [0.29, 0.717) is 0 Å². The fourth-order valence-electron chi connectivity index (χ4n) is 3.04. The summed E-state index contributed by atoms with van der Waals surface area (Å²) in [5.74, 6) is 0. The summed E-state index contributed by atoms with van der Waals surface area (Å²) in [6, 6.07) is 23.7. The zero-order chi connectivity index (χ0) is 13.4. The van der Waals surface area contributed by atoms with E-state index in [1.165, 1.54) is 27.5 Å². The molecular weight excluding hydrogens is 244 g/mol. The highest BCUT2D eigenvalue weighted by Gasteiger charge is 2.22. The molecule has 0 N–H and O–H groups in total. The quantitative estimate of drug-likeness (QED) is 0.626. The van der Waals surface area contributed by atoms with E-state index in [4.69, 9.17) is 4.74 Å². The molecule has 98 valence electrons. The first-order valence-electron chi connectivity index (χ1n) is 7.10. The van der Waals surface area contributed by atoms with Crippen molar-refractivity contribution in [2.45, 2.75) is 12.5 Å². The minimum absolute atomic E-state index is 0.0737. The molecule has 0 bridgehead atoms. The summed E-state index contributed by atoms with van der Waals surface area (Å²) in [4.78, 5) is 0. The second-order valence-corrected chi connectivity index (χ2v) is 5.31. The summed E-state index contributed by atoms with van der Waals surface area (Å²) in [5, 5.41) is 2.55. The molecule has 20 heavy (non-hydrogen) atoms. The zero-order valence-electron chi connectivity index (χ0n) is 11.3. The van der Waals surface area contributed by atoms with Gasteiger partial charge in [0.15, 0.2) is 0 Å². The van der Waals surface area contributed by atoms with Gasteiger partial charge >= 0.3 is 0 Å². The number of hydrogen-bond acceptors (Lipinski definition) is 1. The summed E-state index contributed by atoms with van der Waals surface area (Å²) in [6.45, 7) is 0.800. The van der Waals surface area contributed by atoms with Crippen LogP contribution in [0.5, 0.6) is 0 Å². The molecule has 0 amide bonds. The topological polar surface area (TPSA) is 9.23 Å². The van der Waals surface area contributed by atoms with Crippen LogP contribution < -0.4 is 0 Å². The summed E-state index contributed by atoms with van der Waals surface area (Å²) in [5.41, 5.74) is 3.97. The lowest BCUT2D eigenvalue weighted by Gasteiger charge is -2.26. The van der Waals surface area contributed by atoms with Crippen LogP contribution in [0.15, 0.2) is 66.7 Å². The maximum Gasteiger partial charge on any atom is 0.108 e. The number of fused-ring (bicyclic) bond motifs is 2. The molecule has 3 aromatic rings. The van der Waals surface area contributed by atoms with E-state index < -0.39 is 0 Å². The SMILES string of the molecule is c1ccc2c(c1)CCOC2c1ccc2ccccc2c1. The van der Waals surface area contributed by atoms with Gasteiger partial charge in [0, 0.05) is 0 Å². The Kier molecular flexibility index (Phi) is 2.79. The molecule has 0 saturated carbocycles. The number of benzene rings is 3. The van der Waals surface area contributed by atoms with Crippen molar-refractivity contribution >= 4 is 10.8 Å². The molecule has 1 atom stereocenters. The molecule has 0 spiro atoms. The van der Waals surface area contributed by atoms with Crippen LogP contribution in [0.1, 0.15) is 22.8 Å². The maximum absolute atomic E-state index is 6.04. The second-order valence-electron chi connectivity index (χ2n) is 5.31. The van der Waals surface area contributed by atoms with Crippen molar-refractivity contribution in [1.82, 2.24) is 0 Å². The molecule has 0 fully saturated rings. The van der Waals surface area contributed by atoms with Crippen LogP contribution in [0.2, 0.25) is 0 Å². The van der Waals surface area contributed by atoms with Gasteiger partial charge in [-0.3, -0.25) is 0 Å². The molecule has 1 aliphatic heterocycles. The average molecular weight is 260 g/mol. The first-order valence-corrected chi connectivity index (χ1v) is 7.10. The van der Waals surface area contributed by atoms with E-state index >= 15 is 0 Å². The van der Waals surface area contributed by atoms with Gasteiger partial charge in [0.1, 0.15) is 6.10 Å². The predicted octanol–water partition coefficient (Wildman–Crippen LogP) is 4.50. The second kappa shape index (κ2) is 4.77. The molecule has 0 radical (unpaired) electrons. The lowest BCUT2D eigenvalue weighted by atomic mass is 9.92. The van der Waals surface area contributed by atoms with Crippen LogP contribution in [0.3, 0.4) is 0 Å². The van der Waals surface area contributed by atoms with E-state index in [-0.39, 0.29) is 6.10 Å². The number of ether oxygens (including phenoxy) is 1. The predicted molar refractivity (Wildman–Crippen MR) is 81.9 cm³/mol. The number of hydrogen-bond donors (Lipinski definition) is 0. The Morgan fingerprint density at radius 3 is 2.55 bits per heavy atom. The van der Waals surface area contributed by atoms with E-state index in [1.54, 1.807) is 0 Å². The van der Waals surface area contributed by atoms with Gasteiger partial charge < -0.3 is 4.74 Å². The Hall–Kier alpha value is -2.12. The van der Waals surface area contributed by atoms with Gasteiger partial charge in [0.25, 0.3) is 0 Å². The Morgan fingerprint density at radius 2 is 1.60 bits per heavy atom. The van der Waals surface area contributed by atoms with Gasteiger partial charge in [-0.15, -0.1) is 0 Å². The Labute approximate surface area is 118 Å². The van der Waals surface area contributed by atoms with Crippen LogP contribution in [-0.4, -0.2) is 6.61 Å². The Morgan fingerprint density at radius 1 is 0.800 bits per heavy atom. The van der Waals surface area contributed by atoms with Gasteiger partial charge in [0.2, 0.25) is 0 Å². The molecule has 0 aromatic heterocycles. The van der Waals surface area contributed by atoms with E-state index in [9.17, 15) is 0 Å². The van der Waals surface area contributed by atoms with Crippen molar-refractivity contribution < 1.29 is 4.74 Å². The third kappa shape index (κ3) is 1.91. The smallest absolute Gasteiger partial charge is 0.108 e. The van der Waals surface area contributed by atoms with Crippen LogP contribution in [0.25, 0.3) is 10.8 Å². The maximum atomic E-state index is 6.04. The van der Waals surface area contributed by atoms with Gasteiger partial charge in [-0.25, -0.2) is 0 Å². The van der Waals surface area contributed by atoms with E-state index in [2.05, 4.69) is 66.7 Å². The minimum atomic E-state index is 0.0737. The van der Waals surface area contributed by atoms with E-state index in [0.717, 1.165) is 13.0 Å². The van der Waals surface area contributed by atoms with Crippen LogP contribution in [0.4, 0.5) is 0 Å². The molecule has 3 aromatic carbocycles. The molecular formula is C19H16O. The summed E-state index contributed by atoms with van der Waals surface area (Å²) in [6.07, 6.45) is 1.09. The Balaban J connectivity index is 1.84. The van der Waals surface area contributed by atoms with Crippen LogP contribution >= 0.6 is 0 Å². The molecule has 0 saturated heterocycles. The first-order chi connectivity index (χ1) is 9.92. The van der Waals surface area contributed by atoms with Crippen LogP contribution in [-0.2, 0) is 11.2 Å². The van der Waals surface area contributed by atoms with E-state index in [1.807, 2.05) is 0 Å². The molecule has 0 aliphatic carbocycles. The Bertz CT molecular complexity index is 760. The summed E-state index contributed by atoms with van der Waals surface area (Å²) >= 11 is 0. The van der Waals surface area contributed by atoms with Gasteiger partial charge in [-0.2, -0.15) is 0 Å². The standard InChI is InChI=1S/C19H16O/c1-2-7-16-13-17(10-9-14(16)5-1)19-18-8-4-3-6-15(18)11-12-20-19/h1-10,13,19H,11-12H2. The normalized spacial score (nSPS) is 17.9. The zero-order valence-corrected chi connectivity index (χ0v) is 11.3. The highest BCUT2D eigenvalue weighted by molar-refractivity contribution is 5.83. The first kappa shape index (κ1) is 11.7. The largest absolute Gasteiger partial charge is 0.368 e. The molecule has 4 rings (SSSR count). The van der Waals surface area contributed by atoms with Gasteiger partial charge in [0.05, 0.1) is 6.61 Å². The van der Waals surface area contributed by atoms with Gasteiger partial charge in [-0.1, -0.05) is 60.7 Å². The minimum Gasteiger partial charge on any atom is -0.368 e. The third-order valence-electron chi connectivity index (χ3n) is 4.07. The van der Waals surface area contributed by atoms with Crippen LogP contribution in [0, 0.1) is 0 Å². The van der Waals surface area contributed by atoms with Crippen molar-refractivity contribution in [3.8, 4) is 0 Å². The lowest BCUT2D eigenvalue weighted by molar-refractivity contribution is 0.0699. The third-order valence-corrected chi connectivity index (χ3v) is 4.07. The molecule has 1 heteroatoms. The number of rotatable bonds is 1. The molecule has 1 nitrogen and oxygen atoms in total. The van der Waals surface area contributed by atoms with Crippen molar-refractivity contribution in [1.29, 1.82) is 0 Å². The van der Waals surface area contributed by atoms with Crippen molar-refractivity contribution in [3.05, 3.63) is 83.4 Å². The van der Waals surface area contributed by atoms with Crippen molar-refractivity contribution in [2.24, 2.45) is 0 Å². The molecule has 1 heterocycles. The average Bonchev–Trinajstić information content (AvgIpc) is 2.54. The van der Waals surface area contributed by atoms with Crippen molar-refractivity contribution in [2.75, 3.05) is 6.61 Å². The fourth-order valence-corrected chi connectivity index (χ4v) is 3.04. The highest BCUT2D eigenvalue weighted by atomic mass is 16.5. The van der Waals surface area contributed by atoms with Gasteiger partial charge in [-0.05, 0) is 39.9 Å². The summed E-state index contributed by atoms with van der Waals surface area (Å²) in [7, 11) is 0. The lowest BCUT2D eigenvalue weighted by Crippen LogP contribution is -2.17. The summed E-state index contributed by atoms with van der Waals surface area (Å²) < 4.78 is 6.04. The van der Waals surface area contributed by atoms with Crippen molar-refractivity contribution in [3.63, 3.8) is 0 Å². The fraction of sp³-hybridized carbons (Fsp3) is 0.158. The highest BCUT2D eigenvalue weighted by Crippen LogP contribution is 2.33.